The van der Waals surface area contributed by atoms with E-state index in [2.05, 4.69) is 20.4 Å². The molecule has 168 valence electrons. The Kier molecular flexibility index (Phi) is 7.39. The molecule has 2 aromatic carbocycles. The molecule has 1 fully saturated rings. The van der Waals surface area contributed by atoms with Crippen LogP contribution in [-0.2, 0) is 11.3 Å². The molecule has 7 nitrogen and oxygen atoms in total. The molecule has 2 heterocycles. The molecule has 32 heavy (non-hydrogen) atoms. The Morgan fingerprint density at radius 1 is 1.28 bits per heavy atom. The second kappa shape index (κ2) is 10.6. The van der Waals surface area contributed by atoms with Crippen LogP contribution in [0.2, 0.25) is 5.02 Å². The van der Waals surface area contributed by atoms with E-state index >= 15 is 0 Å². The quantitative estimate of drug-likeness (QED) is 0.516. The number of ether oxygens (including phenoxy) is 1. The Morgan fingerprint density at radius 2 is 2.16 bits per heavy atom. The number of halogens is 1. The summed E-state index contributed by atoms with van der Waals surface area (Å²) in [5.74, 6) is 1.76. The maximum Gasteiger partial charge on any atom is 0.241 e. The Balaban J connectivity index is 1.24. The number of likely N-dealkylation sites (tertiary alicyclic amines) is 1. The number of carbonyl (C=O) groups is 1. The minimum Gasteiger partial charge on any atom is -0.490 e. The minimum atomic E-state index is -0.0665. The summed E-state index contributed by atoms with van der Waals surface area (Å²) in [4.78, 5) is 19.4. The molecular weight excluding hydrogens is 428 g/mol. The standard InChI is InChI=1S/C24H27ClN4O3/c1-17-6-4-7-18(14-17)23-27-22(32-28-23)16-29-12-5-8-19(15-29)24(30)26-11-13-31-21-10-3-2-9-20(21)25/h2-4,6-7,9-10,14,19H,5,8,11-13,15-16H2,1H3,(H,26,30). The van der Waals surface area contributed by atoms with Crippen LogP contribution in [0.4, 0.5) is 0 Å². The molecule has 1 N–H and O–H groups in total. The lowest BCUT2D eigenvalue weighted by molar-refractivity contribution is -0.126. The van der Waals surface area contributed by atoms with Crippen molar-refractivity contribution in [1.29, 1.82) is 0 Å². The first-order chi connectivity index (χ1) is 15.6. The van der Waals surface area contributed by atoms with Crippen molar-refractivity contribution < 1.29 is 14.1 Å². The zero-order valence-corrected chi connectivity index (χ0v) is 18.8. The number of rotatable bonds is 8. The molecule has 0 saturated carbocycles. The SMILES string of the molecule is Cc1cccc(-c2noc(CN3CCCC(C(=O)NCCOc4ccccc4Cl)C3)n2)c1. The molecule has 0 radical (unpaired) electrons. The molecule has 1 unspecified atom stereocenters. The van der Waals surface area contributed by atoms with Crippen LogP contribution in [0.1, 0.15) is 24.3 Å². The van der Waals surface area contributed by atoms with Crippen molar-refractivity contribution in [1.82, 2.24) is 20.4 Å². The predicted octanol–water partition coefficient (Wildman–Crippen LogP) is 4.11. The number of para-hydroxylation sites is 1. The monoisotopic (exact) mass is 454 g/mol. The highest BCUT2D eigenvalue weighted by Gasteiger charge is 2.26. The van der Waals surface area contributed by atoms with E-state index in [1.807, 2.05) is 49.4 Å². The summed E-state index contributed by atoms with van der Waals surface area (Å²) in [6.45, 7) is 4.95. The van der Waals surface area contributed by atoms with Gasteiger partial charge in [-0.2, -0.15) is 4.98 Å². The smallest absolute Gasteiger partial charge is 0.241 e. The van der Waals surface area contributed by atoms with E-state index in [0.29, 0.717) is 48.7 Å². The molecule has 3 aromatic rings. The zero-order chi connectivity index (χ0) is 22.3. The molecule has 1 atom stereocenters. The largest absolute Gasteiger partial charge is 0.490 e. The van der Waals surface area contributed by atoms with Gasteiger partial charge in [0.2, 0.25) is 17.6 Å². The number of carbonyl (C=O) groups excluding carboxylic acids is 1. The van der Waals surface area contributed by atoms with Crippen LogP contribution in [0.3, 0.4) is 0 Å². The third-order valence-electron chi connectivity index (χ3n) is 5.48. The second-order valence-corrected chi connectivity index (χ2v) is 8.43. The molecule has 1 saturated heterocycles. The van der Waals surface area contributed by atoms with Crippen LogP contribution in [0.5, 0.6) is 5.75 Å². The van der Waals surface area contributed by atoms with E-state index in [1.54, 1.807) is 6.07 Å². The number of amides is 1. The lowest BCUT2D eigenvalue weighted by atomic mass is 9.97. The number of nitrogens with zero attached hydrogens (tertiary/aromatic N) is 3. The fourth-order valence-electron chi connectivity index (χ4n) is 3.87. The van der Waals surface area contributed by atoms with Gasteiger partial charge in [-0.15, -0.1) is 0 Å². The molecule has 8 heteroatoms. The molecule has 4 rings (SSSR count). The van der Waals surface area contributed by atoms with Crippen molar-refractivity contribution >= 4 is 17.5 Å². The third-order valence-corrected chi connectivity index (χ3v) is 5.79. The van der Waals surface area contributed by atoms with Crippen LogP contribution in [0, 0.1) is 12.8 Å². The highest BCUT2D eigenvalue weighted by Crippen LogP contribution is 2.23. The summed E-state index contributed by atoms with van der Waals surface area (Å²) in [6, 6.07) is 15.3. The molecule has 0 bridgehead atoms. The minimum absolute atomic E-state index is 0.0448. The van der Waals surface area contributed by atoms with Gasteiger partial charge >= 0.3 is 0 Å². The predicted molar refractivity (Wildman–Crippen MR) is 122 cm³/mol. The van der Waals surface area contributed by atoms with Crippen molar-refractivity contribution in [2.45, 2.75) is 26.3 Å². The van der Waals surface area contributed by atoms with Gasteiger partial charge in [-0.05, 0) is 44.5 Å². The van der Waals surface area contributed by atoms with Gasteiger partial charge in [0, 0.05) is 12.1 Å². The summed E-state index contributed by atoms with van der Waals surface area (Å²) in [7, 11) is 0. The van der Waals surface area contributed by atoms with Crippen molar-refractivity contribution in [3.05, 3.63) is 65.0 Å². The number of nitrogens with one attached hydrogen (secondary N) is 1. The van der Waals surface area contributed by atoms with Crippen molar-refractivity contribution in [3.8, 4) is 17.1 Å². The van der Waals surface area contributed by atoms with E-state index in [1.165, 1.54) is 0 Å². The number of piperidine rings is 1. The molecule has 1 amide bonds. The summed E-state index contributed by atoms with van der Waals surface area (Å²) < 4.78 is 11.1. The van der Waals surface area contributed by atoms with Crippen molar-refractivity contribution in [3.63, 3.8) is 0 Å². The van der Waals surface area contributed by atoms with E-state index in [4.69, 9.17) is 20.9 Å². The number of hydrogen-bond donors (Lipinski definition) is 1. The van der Waals surface area contributed by atoms with Gasteiger partial charge in [0.15, 0.2) is 0 Å². The summed E-state index contributed by atoms with van der Waals surface area (Å²) in [6.07, 6.45) is 1.82. The van der Waals surface area contributed by atoms with Gasteiger partial charge in [-0.25, -0.2) is 0 Å². The lowest BCUT2D eigenvalue weighted by Crippen LogP contribution is -2.43. The average Bonchev–Trinajstić information content (AvgIpc) is 3.26. The Labute approximate surface area is 192 Å². The summed E-state index contributed by atoms with van der Waals surface area (Å²) in [5, 5.41) is 7.65. The molecule has 0 aliphatic carbocycles. The van der Waals surface area contributed by atoms with Crippen LogP contribution < -0.4 is 10.1 Å². The maximum absolute atomic E-state index is 12.6. The van der Waals surface area contributed by atoms with E-state index < -0.39 is 0 Å². The van der Waals surface area contributed by atoms with E-state index in [9.17, 15) is 4.79 Å². The first-order valence-electron chi connectivity index (χ1n) is 10.9. The molecule has 1 aromatic heterocycles. The topological polar surface area (TPSA) is 80.5 Å². The molecular formula is C24H27ClN4O3. The Hall–Kier alpha value is -2.90. The van der Waals surface area contributed by atoms with Crippen molar-refractivity contribution in [2.75, 3.05) is 26.2 Å². The average molecular weight is 455 g/mol. The summed E-state index contributed by atoms with van der Waals surface area (Å²) >= 11 is 6.08. The van der Waals surface area contributed by atoms with Gasteiger partial charge in [-0.1, -0.05) is 52.7 Å². The highest BCUT2D eigenvalue weighted by molar-refractivity contribution is 6.32. The normalized spacial score (nSPS) is 16.6. The van der Waals surface area contributed by atoms with E-state index in [-0.39, 0.29) is 11.8 Å². The van der Waals surface area contributed by atoms with Gasteiger partial charge in [0.1, 0.15) is 12.4 Å². The molecule has 1 aliphatic heterocycles. The number of aryl methyl sites for hydroxylation is 1. The fraction of sp³-hybridized carbons (Fsp3) is 0.375. The van der Waals surface area contributed by atoms with Crippen molar-refractivity contribution in [2.24, 2.45) is 5.92 Å². The van der Waals surface area contributed by atoms with Crippen LogP contribution in [0.15, 0.2) is 53.1 Å². The number of benzene rings is 2. The van der Waals surface area contributed by atoms with Gasteiger partial charge < -0.3 is 14.6 Å². The zero-order valence-electron chi connectivity index (χ0n) is 18.1. The fourth-order valence-corrected chi connectivity index (χ4v) is 4.06. The maximum atomic E-state index is 12.6. The highest BCUT2D eigenvalue weighted by atomic mass is 35.5. The third kappa shape index (κ3) is 5.87. The van der Waals surface area contributed by atoms with Gasteiger partial charge in [0.25, 0.3) is 0 Å². The first kappa shape index (κ1) is 22.3. The number of aromatic nitrogens is 2. The van der Waals surface area contributed by atoms with Gasteiger partial charge in [-0.3, -0.25) is 9.69 Å². The van der Waals surface area contributed by atoms with Crippen LogP contribution >= 0.6 is 11.6 Å². The van der Waals surface area contributed by atoms with E-state index in [0.717, 1.165) is 30.5 Å². The Morgan fingerprint density at radius 3 is 3.00 bits per heavy atom. The molecule has 1 aliphatic rings. The second-order valence-electron chi connectivity index (χ2n) is 8.03. The van der Waals surface area contributed by atoms with Gasteiger partial charge in [0.05, 0.1) is 24.0 Å². The first-order valence-corrected chi connectivity index (χ1v) is 11.2. The van der Waals surface area contributed by atoms with Crippen LogP contribution in [0.25, 0.3) is 11.4 Å². The van der Waals surface area contributed by atoms with Crippen LogP contribution in [-0.4, -0.2) is 47.2 Å². The Bertz CT molecular complexity index is 1050. The molecule has 0 spiro atoms. The lowest BCUT2D eigenvalue weighted by Gasteiger charge is -2.30. The number of hydrogen-bond acceptors (Lipinski definition) is 6. The summed E-state index contributed by atoms with van der Waals surface area (Å²) in [5.41, 5.74) is 2.09.